The molecule has 1 heterocycles. The fourth-order valence-electron chi connectivity index (χ4n) is 3.40. The van der Waals surface area contributed by atoms with Crippen LogP contribution < -0.4 is 0 Å². The molecule has 1 aliphatic carbocycles. The van der Waals surface area contributed by atoms with Crippen LogP contribution in [0.15, 0.2) is 35.5 Å². The molecule has 2 aliphatic rings. The standard InChI is InChI=1S/C21H28O6/c1-5-26-18-11-15(22)10-14(12(2)3)6-7-16-20(24)19(27-21(16)25)9-13(4)8-17(18)23/h7-8,14,18-20,24H,2,5-6,9-11H2,1,3-4H3/b13-8-,16-7+/t14-,18+,19-,20+/m1/s1. The van der Waals surface area contributed by atoms with E-state index in [1.807, 2.05) is 6.92 Å². The van der Waals surface area contributed by atoms with Crippen LogP contribution >= 0.6 is 0 Å². The molecule has 2 bridgehead atoms. The molecule has 0 aromatic rings. The van der Waals surface area contributed by atoms with E-state index in [9.17, 15) is 19.5 Å². The number of hydrogen-bond acceptors (Lipinski definition) is 6. The molecule has 0 spiro atoms. The first kappa shape index (κ1) is 21.3. The highest BCUT2D eigenvalue weighted by atomic mass is 16.6. The molecule has 6 nitrogen and oxygen atoms in total. The Hall–Kier alpha value is -2.05. The summed E-state index contributed by atoms with van der Waals surface area (Å²) in [5, 5.41) is 10.4. The van der Waals surface area contributed by atoms with Gasteiger partial charge in [-0.3, -0.25) is 9.59 Å². The van der Waals surface area contributed by atoms with E-state index in [4.69, 9.17) is 9.47 Å². The van der Waals surface area contributed by atoms with E-state index >= 15 is 0 Å². The first-order valence-electron chi connectivity index (χ1n) is 9.31. The van der Waals surface area contributed by atoms with Crippen LogP contribution in [-0.2, 0) is 23.9 Å². The van der Waals surface area contributed by atoms with Crippen LogP contribution in [0.25, 0.3) is 0 Å². The number of fused-ring (bicyclic) bond motifs is 2. The number of allylic oxidation sites excluding steroid dienone is 2. The summed E-state index contributed by atoms with van der Waals surface area (Å²) in [4.78, 5) is 37.2. The van der Waals surface area contributed by atoms with Crippen LogP contribution in [0, 0.1) is 5.92 Å². The van der Waals surface area contributed by atoms with Crippen molar-refractivity contribution in [3.05, 3.63) is 35.5 Å². The Balaban J connectivity index is 2.36. The Morgan fingerprint density at radius 2 is 2.00 bits per heavy atom. The first-order chi connectivity index (χ1) is 12.7. The molecule has 0 radical (unpaired) electrons. The molecule has 1 N–H and O–H groups in total. The molecule has 1 aliphatic heterocycles. The molecule has 0 aromatic heterocycles. The van der Waals surface area contributed by atoms with Crippen molar-refractivity contribution in [2.75, 3.05) is 6.61 Å². The van der Waals surface area contributed by atoms with Crippen LogP contribution in [0.2, 0.25) is 0 Å². The van der Waals surface area contributed by atoms with Crippen molar-refractivity contribution in [1.29, 1.82) is 0 Å². The van der Waals surface area contributed by atoms with E-state index in [0.29, 0.717) is 18.6 Å². The topological polar surface area (TPSA) is 89.9 Å². The minimum Gasteiger partial charge on any atom is -0.455 e. The Bertz CT molecular complexity index is 687. The van der Waals surface area contributed by atoms with Gasteiger partial charge in [-0.15, -0.1) is 0 Å². The monoisotopic (exact) mass is 376 g/mol. The predicted octanol–water partition coefficient (Wildman–Crippen LogP) is 2.46. The molecule has 27 heavy (non-hydrogen) atoms. The molecule has 0 aromatic carbocycles. The third-order valence-electron chi connectivity index (χ3n) is 4.97. The van der Waals surface area contributed by atoms with Crippen molar-refractivity contribution in [3.8, 4) is 0 Å². The third-order valence-corrected chi connectivity index (χ3v) is 4.97. The van der Waals surface area contributed by atoms with Gasteiger partial charge in [0.25, 0.3) is 0 Å². The average molecular weight is 376 g/mol. The highest BCUT2D eigenvalue weighted by molar-refractivity contribution is 5.97. The lowest BCUT2D eigenvalue weighted by molar-refractivity contribution is -0.139. The second kappa shape index (κ2) is 9.24. The van der Waals surface area contributed by atoms with Gasteiger partial charge in [-0.2, -0.15) is 0 Å². The van der Waals surface area contributed by atoms with E-state index in [1.165, 1.54) is 6.08 Å². The minimum atomic E-state index is -1.05. The lowest BCUT2D eigenvalue weighted by Crippen LogP contribution is -2.28. The van der Waals surface area contributed by atoms with Gasteiger partial charge in [0.2, 0.25) is 0 Å². The molecule has 4 atom stereocenters. The van der Waals surface area contributed by atoms with Gasteiger partial charge in [0.15, 0.2) is 5.78 Å². The van der Waals surface area contributed by atoms with Gasteiger partial charge in [-0.05, 0) is 39.2 Å². The number of aliphatic hydroxyl groups is 1. The summed E-state index contributed by atoms with van der Waals surface area (Å²) < 4.78 is 10.8. The highest BCUT2D eigenvalue weighted by Gasteiger charge is 2.38. The number of hydrogen-bond donors (Lipinski definition) is 1. The molecule has 6 heteroatoms. The summed E-state index contributed by atoms with van der Waals surface area (Å²) in [7, 11) is 0. The van der Waals surface area contributed by atoms with Gasteiger partial charge >= 0.3 is 5.97 Å². The second-order valence-electron chi connectivity index (χ2n) is 7.32. The summed E-state index contributed by atoms with van der Waals surface area (Å²) in [6, 6.07) is 0. The number of ether oxygens (including phenoxy) is 2. The summed E-state index contributed by atoms with van der Waals surface area (Å²) >= 11 is 0. The smallest absolute Gasteiger partial charge is 0.336 e. The second-order valence-corrected chi connectivity index (χ2v) is 7.32. The number of aliphatic hydroxyl groups excluding tert-OH is 1. The molecule has 148 valence electrons. The van der Waals surface area contributed by atoms with E-state index in [0.717, 1.165) is 5.57 Å². The number of ketones is 2. The zero-order valence-corrected chi connectivity index (χ0v) is 16.2. The molecule has 1 saturated heterocycles. The van der Waals surface area contributed by atoms with Gasteiger partial charge in [0.05, 0.1) is 5.57 Å². The Morgan fingerprint density at radius 1 is 1.30 bits per heavy atom. The Labute approximate surface area is 159 Å². The molecule has 0 saturated carbocycles. The lowest BCUT2D eigenvalue weighted by atomic mass is 9.88. The van der Waals surface area contributed by atoms with Gasteiger partial charge < -0.3 is 14.6 Å². The number of carbonyl (C=O) groups excluding carboxylic acids is 3. The van der Waals surface area contributed by atoms with Crippen molar-refractivity contribution in [1.82, 2.24) is 0 Å². The van der Waals surface area contributed by atoms with E-state index < -0.39 is 24.3 Å². The molecule has 1 fully saturated rings. The van der Waals surface area contributed by atoms with Gasteiger partial charge in [-0.1, -0.05) is 23.8 Å². The van der Waals surface area contributed by atoms with Crippen molar-refractivity contribution in [3.63, 3.8) is 0 Å². The van der Waals surface area contributed by atoms with Crippen LogP contribution in [0.5, 0.6) is 0 Å². The van der Waals surface area contributed by atoms with Gasteiger partial charge in [-0.25, -0.2) is 4.79 Å². The maximum absolute atomic E-state index is 12.5. The van der Waals surface area contributed by atoms with Crippen molar-refractivity contribution in [2.45, 2.75) is 64.8 Å². The highest BCUT2D eigenvalue weighted by Crippen LogP contribution is 2.29. The Morgan fingerprint density at radius 3 is 2.63 bits per heavy atom. The van der Waals surface area contributed by atoms with E-state index in [-0.39, 0.29) is 42.3 Å². The lowest BCUT2D eigenvalue weighted by Gasteiger charge is -2.19. The Kier molecular flexibility index (Phi) is 7.27. The number of Topliss-reactive ketones (excluding diaryl/α,β-unsaturated/α-hetero) is 1. The first-order valence-corrected chi connectivity index (χ1v) is 9.31. The van der Waals surface area contributed by atoms with Crippen molar-refractivity contribution >= 4 is 17.5 Å². The van der Waals surface area contributed by atoms with Gasteiger partial charge in [0, 0.05) is 25.9 Å². The fourth-order valence-corrected chi connectivity index (χ4v) is 3.40. The largest absolute Gasteiger partial charge is 0.455 e. The predicted molar refractivity (Wildman–Crippen MR) is 99.9 cm³/mol. The molecule has 2 rings (SSSR count). The summed E-state index contributed by atoms with van der Waals surface area (Å²) in [5.74, 6) is -1.12. The molecular formula is C21H28O6. The zero-order chi connectivity index (χ0) is 20.1. The normalized spacial score (nSPS) is 34.1. The summed E-state index contributed by atoms with van der Waals surface area (Å²) in [6.45, 7) is 9.58. The van der Waals surface area contributed by atoms with Crippen LogP contribution in [0.1, 0.15) is 46.5 Å². The quantitative estimate of drug-likeness (QED) is 0.601. The summed E-state index contributed by atoms with van der Waals surface area (Å²) in [6.07, 6.45) is 1.32. The summed E-state index contributed by atoms with van der Waals surface area (Å²) in [5.41, 5.74) is 1.67. The van der Waals surface area contributed by atoms with Crippen LogP contribution in [0.4, 0.5) is 0 Å². The maximum atomic E-state index is 12.5. The number of esters is 1. The zero-order valence-electron chi connectivity index (χ0n) is 16.2. The fraction of sp³-hybridized carbons (Fsp3) is 0.571. The SMILES string of the molecule is C=C(C)[C@@H]1C/C=C2/C(=O)O[C@H](C/C(C)=C\C(=O)[C@@H](OCC)CC(=O)C1)[C@H]2O. The number of rotatable bonds is 3. The number of carbonyl (C=O) groups is 3. The molecule has 0 unspecified atom stereocenters. The maximum Gasteiger partial charge on any atom is 0.336 e. The molecular weight excluding hydrogens is 348 g/mol. The van der Waals surface area contributed by atoms with Gasteiger partial charge in [0.1, 0.15) is 24.1 Å². The minimum absolute atomic E-state index is 0.0122. The van der Waals surface area contributed by atoms with Crippen LogP contribution in [-0.4, -0.2) is 47.6 Å². The van der Waals surface area contributed by atoms with Crippen molar-refractivity contribution in [2.24, 2.45) is 5.92 Å². The van der Waals surface area contributed by atoms with Crippen molar-refractivity contribution < 1.29 is 29.0 Å². The third kappa shape index (κ3) is 5.47. The van der Waals surface area contributed by atoms with E-state index in [2.05, 4.69) is 6.58 Å². The van der Waals surface area contributed by atoms with Crippen LogP contribution in [0.3, 0.4) is 0 Å². The molecule has 0 amide bonds. The van der Waals surface area contributed by atoms with E-state index in [1.54, 1.807) is 19.9 Å². The average Bonchev–Trinajstić information content (AvgIpc) is 2.83.